The van der Waals surface area contributed by atoms with E-state index >= 15 is 0 Å². The quantitative estimate of drug-likeness (QED) is 0.870. The van der Waals surface area contributed by atoms with Crippen molar-refractivity contribution in [3.8, 4) is 6.07 Å². The van der Waals surface area contributed by atoms with E-state index in [-0.39, 0.29) is 11.4 Å². The van der Waals surface area contributed by atoms with Gasteiger partial charge in [0.25, 0.3) is 0 Å². The van der Waals surface area contributed by atoms with E-state index in [0.29, 0.717) is 10.6 Å². The van der Waals surface area contributed by atoms with Gasteiger partial charge in [0, 0.05) is 18.6 Å². The van der Waals surface area contributed by atoms with Crippen molar-refractivity contribution in [2.75, 3.05) is 7.05 Å². The van der Waals surface area contributed by atoms with Crippen LogP contribution >= 0.6 is 11.6 Å². The van der Waals surface area contributed by atoms with E-state index in [2.05, 4.69) is 0 Å². The first-order valence-electron chi connectivity index (χ1n) is 6.14. The molecule has 0 amide bonds. The van der Waals surface area contributed by atoms with Gasteiger partial charge in [0.2, 0.25) is 10.0 Å². The second kappa shape index (κ2) is 6.27. The lowest BCUT2D eigenvalue weighted by Gasteiger charge is -2.17. The van der Waals surface area contributed by atoms with E-state index in [4.69, 9.17) is 16.9 Å². The Balaban J connectivity index is 2.21. The molecule has 21 heavy (non-hydrogen) atoms. The van der Waals surface area contributed by atoms with Crippen molar-refractivity contribution >= 4 is 21.6 Å². The zero-order valence-electron chi connectivity index (χ0n) is 11.3. The van der Waals surface area contributed by atoms with Crippen molar-refractivity contribution in [2.45, 2.75) is 11.4 Å². The number of halogens is 1. The maximum Gasteiger partial charge on any atom is 0.243 e. The number of hydrogen-bond acceptors (Lipinski definition) is 3. The lowest BCUT2D eigenvalue weighted by atomic mass is 10.2. The summed E-state index contributed by atoms with van der Waals surface area (Å²) >= 11 is 5.80. The van der Waals surface area contributed by atoms with Crippen LogP contribution in [0.4, 0.5) is 0 Å². The Morgan fingerprint density at radius 3 is 2.19 bits per heavy atom. The van der Waals surface area contributed by atoms with Crippen molar-refractivity contribution in [1.29, 1.82) is 5.26 Å². The monoisotopic (exact) mass is 320 g/mol. The van der Waals surface area contributed by atoms with E-state index in [1.165, 1.54) is 35.6 Å². The molecule has 0 saturated carbocycles. The summed E-state index contributed by atoms with van der Waals surface area (Å²) in [5.74, 6) is 0. The minimum atomic E-state index is -3.58. The minimum Gasteiger partial charge on any atom is -0.207 e. The summed E-state index contributed by atoms with van der Waals surface area (Å²) < 4.78 is 26.1. The number of hydrogen-bond donors (Lipinski definition) is 0. The highest BCUT2D eigenvalue weighted by Crippen LogP contribution is 2.18. The summed E-state index contributed by atoms with van der Waals surface area (Å²) in [4.78, 5) is 0.165. The largest absolute Gasteiger partial charge is 0.243 e. The molecule has 0 aliphatic carbocycles. The van der Waals surface area contributed by atoms with E-state index in [1.54, 1.807) is 24.3 Å². The number of benzene rings is 2. The van der Waals surface area contributed by atoms with Crippen molar-refractivity contribution in [3.63, 3.8) is 0 Å². The minimum absolute atomic E-state index is 0.165. The Labute approximate surface area is 129 Å². The molecule has 0 radical (unpaired) electrons. The van der Waals surface area contributed by atoms with Gasteiger partial charge in [-0.3, -0.25) is 0 Å². The predicted octanol–water partition coefficient (Wildman–Crippen LogP) is 3.03. The summed E-state index contributed by atoms with van der Waals surface area (Å²) in [6.07, 6.45) is 0. The van der Waals surface area contributed by atoms with Gasteiger partial charge in [-0.05, 0) is 42.0 Å². The summed E-state index contributed by atoms with van der Waals surface area (Å²) in [5.41, 5.74) is 1.27. The normalized spacial score (nSPS) is 11.3. The van der Waals surface area contributed by atoms with Gasteiger partial charge in [-0.2, -0.15) is 9.57 Å². The maximum absolute atomic E-state index is 12.4. The lowest BCUT2D eigenvalue weighted by molar-refractivity contribution is 0.467. The van der Waals surface area contributed by atoms with Gasteiger partial charge < -0.3 is 0 Å². The summed E-state index contributed by atoms with van der Waals surface area (Å²) in [7, 11) is -2.07. The van der Waals surface area contributed by atoms with Crippen LogP contribution in [0.25, 0.3) is 0 Å². The Hall–Kier alpha value is -1.87. The Bertz CT molecular complexity index is 763. The molecule has 0 aliphatic rings. The first-order valence-corrected chi connectivity index (χ1v) is 7.96. The molecule has 0 saturated heterocycles. The van der Waals surface area contributed by atoms with E-state index in [0.717, 1.165) is 5.56 Å². The molecule has 2 aromatic rings. The molecule has 0 heterocycles. The van der Waals surface area contributed by atoms with Crippen LogP contribution in [0.15, 0.2) is 53.4 Å². The molecular weight excluding hydrogens is 308 g/mol. The number of nitriles is 1. The second-order valence-corrected chi connectivity index (χ2v) is 7.01. The van der Waals surface area contributed by atoms with Gasteiger partial charge in [-0.15, -0.1) is 0 Å². The molecule has 0 unspecified atom stereocenters. The van der Waals surface area contributed by atoms with Crippen LogP contribution in [0.2, 0.25) is 5.02 Å². The third-order valence-corrected chi connectivity index (χ3v) is 5.08. The van der Waals surface area contributed by atoms with Crippen molar-refractivity contribution < 1.29 is 8.42 Å². The van der Waals surface area contributed by atoms with Gasteiger partial charge in [-0.1, -0.05) is 23.7 Å². The average Bonchev–Trinajstić information content (AvgIpc) is 2.49. The smallest absolute Gasteiger partial charge is 0.207 e. The van der Waals surface area contributed by atoms with Crippen LogP contribution in [-0.4, -0.2) is 19.8 Å². The number of rotatable bonds is 4. The predicted molar refractivity (Wildman–Crippen MR) is 81.3 cm³/mol. The molecular formula is C15H13ClN2O2S. The Kier molecular flexibility index (Phi) is 4.63. The molecule has 0 N–H and O–H groups in total. The van der Waals surface area contributed by atoms with Crippen LogP contribution in [0.3, 0.4) is 0 Å². The fraction of sp³-hybridized carbons (Fsp3) is 0.133. The highest BCUT2D eigenvalue weighted by atomic mass is 35.5. The molecule has 0 bridgehead atoms. The molecule has 0 aromatic heterocycles. The zero-order chi connectivity index (χ0) is 15.5. The molecule has 108 valence electrons. The van der Waals surface area contributed by atoms with Crippen LogP contribution in [0.5, 0.6) is 0 Å². The molecule has 0 aliphatic heterocycles. The molecule has 6 heteroatoms. The first kappa shape index (κ1) is 15.5. The topological polar surface area (TPSA) is 61.2 Å². The third kappa shape index (κ3) is 3.61. The average molecular weight is 321 g/mol. The SMILES string of the molecule is CN(Cc1ccc(Cl)cc1)S(=O)(=O)c1ccc(C#N)cc1. The zero-order valence-corrected chi connectivity index (χ0v) is 12.9. The highest BCUT2D eigenvalue weighted by Gasteiger charge is 2.20. The van der Waals surface area contributed by atoms with Crippen molar-refractivity contribution in [2.24, 2.45) is 0 Å². The molecule has 2 aromatic carbocycles. The van der Waals surface area contributed by atoms with Gasteiger partial charge in [0.15, 0.2) is 0 Å². The molecule has 4 nitrogen and oxygen atoms in total. The molecule has 0 atom stereocenters. The maximum atomic E-state index is 12.4. The summed E-state index contributed by atoms with van der Waals surface area (Å²) in [6.45, 7) is 0.250. The number of nitrogens with zero attached hydrogens (tertiary/aromatic N) is 2. The van der Waals surface area contributed by atoms with E-state index in [1.807, 2.05) is 6.07 Å². The molecule has 0 spiro atoms. The highest BCUT2D eigenvalue weighted by molar-refractivity contribution is 7.89. The molecule has 0 fully saturated rings. The standard InChI is InChI=1S/C15H13ClN2O2S/c1-18(11-13-2-6-14(16)7-3-13)21(19,20)15-8-4-12(10-17)5-9-15/h2-9H,11H2,1H3. The van der Waals surface area contributed by atoms with Crippen LogP contribution in [0, 0.1) is 11.3 Å². The molecule has 2 rings (SSSR count). The third-order valence-electron chi connectivity index (χ3n) is 3.01. The van der Waals surface area contributed by atoms with Crippen LogP contribution in [0.1, 0.15) is 11.1 Å². The Morgan fingerprint density at radius 2 is 1.67 bits per heavy atom. The first-order chi connectivity index (χ1) is 9.93. The fourth-order valence-electron chi connectivity index (χ4n) is 1.81. The number of sulfonamides is 1. The van der Waals surface area contributed by atoms with Gasteiger partial charge >= 0.3 is 0 Å². The Morgan fingerprint density at radius 1 is 1.10 bits per heavy atom. The van der Waals surface area contributed by atoms with Crippen LogP contribution < -0.4 is 0 Å². The van der Waals surface area contributed by atoms with Crippen molar-refractivity contribution in [3.05, 3.63) is 64.7 Å². The van der Waals surface area contributed by atoms with Gasteiger partial charge in [0.05, 0.1) is 16.5 Å². The van der Waals surface area contributed by atoms with Gasteiger partial charge in [0.1, 0.15) is 0 Å². The lowest BCUT2D eigenvalue weighted by Crippen LogP contribution is -2.26. The van der Waals surface area contributed by atoms with Crippen molar-refractivity contribution in [1.82, 2.24) is 4.31 Å². The second-order valence-electron chi connectivity index (χ2n) is 4.52. The summed E-state index contributed by atoms with van der Waals surface area (Å²) in [6, 6.07) is 14.8. The fourth-order valence-corrected chi connectivity index (χ4v) is 3.10. The van der Waals surface area contributed by atoms with E-state index in [9.17, 15) is 8.42 Å². The summed E-state index contributed by atoms with van der Waals surface area (Å²) in [5, 5.41) is 9.34. The van der Waals surface area contributed by atoms with E-state index < -0.39 is 10.0 Å². The van der Waals surface area contributed by atoms with Gasteiger partial charge in [-0.25, -0.2) is 8.42 Å². The van der Waals surface area contributed by atoms with Crippen LogP contribution in [-0.2, 0) is 16.6 Å².